The van der Waals surface area contributed by atoms with Crippen LogP contribution in [0.3, 0.4) is 0 Å². The molecule has 0 saturated heterocycles. The van der Waals surface area contributed by atoms with Gasteiger partial charge in [0, 0.05) is 53.2 Å². The molecule has 0 radical (unpaired) electrons. The van der Waals surface area contributed by atoms with Gasteiger partial charge in [0.2, 0.25) is 5.95 Å². The fourth-order valence-electron chi connectivity index (χ4n) is 3.72. The summed E-state index contributed by atoms with van der Waals surface area (Å²) in [5.74, 6) is 1.22. The van der Waals surface area contributed by atoms with Crippen LogP contribution in [0.2, 0.25) is 0 Å². The van der Waals surface area contributed by atoms with Gasteiger partial charge in [0.15, 0.2) is 5.65 Å². The Balaban J connectivity index is 1.66. The number of hydrogen-bond acceptors (Lipinski definition) is 6. The SMILES string of the molecule is Cc1ncccc1-c1cnc(N)n2c(Cc3c(F)ccc4c3CCO4)nnc12. The van der Waals surface area contributed by atoms with Crippen molar-refractivity contribution in [3.8, 4) is 16.9 Å². The van der Waals surface area contributed by atoms with Crippen LogP contribution in [0.5, 0.6) is 5.75 Å². The average Bonchev–Trinajstić information content (AvgIpc) is 3.33. The molecule has 28 heavy (non-hydrogen) atoms. The van der Waals surface area contributed by atoms with Crippen LogP contribution < -0.4 is 10.5 Å². The number of fused-ring (bicyclic) bond motifs is 2. The van der Waals surface area contributed by atoms with Crippen LogP contribution in [0.15, 0.2) is 36.7 Å². The Morgan fingerprint density at radius 1 is 1.18 bits per heavy atom. The molecule has 8 heteroatoms. The molecule has 0 amide bonds. The zero-order chi connectivity index (χ0) is 19.3. The van der Waals surface area contributed by atoms with Gasteiger partial charge in [0.25, 0.3) is 0 Å². The third kappa shape index (κ3) is 2.49. The molecule has 0 saturated carbocycles. The number of pyridine rings is 1. The average molecular weight is 376 g/mol. The second-order valence-electron chi connectivity index (χ2n) is 6.72. The predicted molar refractivity (Wildman–Crippen MR) is 102 cm³/mol. The van der Waals surface area contributed by atoms with Gasteiger partial charge < -0.3 is 10.5 Å². The summed E-state index contributed by atoms with van der Waals surface area (Å²) in [7, 11) is 0. The maximum atomic E-state index is 14.6. The van der Waals surface area contributed by atoms with Gasteiger partial charge in [-0.25, -0.2) is 13.8 Å². The molecule has 0 spiro atoms. The molecule has 0 atom stereocenters. The van der Waals surface area contributed by atoms with Crippen molar-refractivity contribution >= 4 is 11.6 Å². The topological polar surface area (TPSA) is 91.2 Å². The van der Waals surface area contributed by atoms with E-state index in [2.05, 4.69) is 20.2 Å². The lowest BCUT2D eigenvalue weighted by atomic mass is 10.0. The number of nitrogens with two attached hydrogens (primary N) is 1. The summed E-state index contributed by atoms with van der Waals surface area (Å²) in [5.41, 5.74) is 10.7. The Morgan fingerprint density at radius 2 is 2.07 bits per heavy atom. The van der Waals surface area contributed by atoms with E-state index in [4.69, 9.17) is 10.5 Å². The number of aryl methyl sites for hydroxylation is 1. The fraction of sp³-hybridized carbons (Fsp3) is 0.200. The zero-order valence-corrected chi connectivity index (χ0v) is 15.2. The van der Waals surface area contributed by atoms with Crippen LogP contribution in [-0.4, -0.2) is 31.2 Å². The van der Waals surface area contributed by atoms with Crippen molar-refractivity contribution in [1.82, 2.24) is 24.6 Å². The van der Waals surface area contributed by atoms with Crippen molar-refractivity contribution < 1.29 is 9.13 Å². The molecule has 1 aromatic carbocycles. The van der Waals surface area contributed by atoms with E-state index in [9.17, 15) is 4.39 Å². The molecular weight excluding hydrogens is 359 g/mol. The number of benzene rings is 1. The van der Waals surface area contributed by atoms with E-state index in [0.717, 1.165) is 28.1 Å². The Bertz CT molecular complexity index is 1220. The minimum absolute atomic E-state index is 0.251. The van der Waals surface area contributed by atoms with Gasteiger partial charge in [-0.1, -0.05) is 6.07 Å². The summed E-state index contributed by atoms with van der Waals surface area (Å²) in [4.78, 5) is 8.64. The number of nitrogen functional groups attached to an aromatic ring is 1. The molecule has 0 fully saturated rings. The van der Waals surface area contributed by atoms with Crippen LogP contribution in [0.25, 0.3) is 16.8 Å². The van der Waals surface area contributed by atoms with Crippen LogP contribution in [0.1, 0.15) is 22.6 Å². The number of rotatable bonds is 3. The summed E-state index contributed by atoms with van der Waals surface area (Å²) in [6, 6.07) is 6.90. The van der Waals surface area contributed by atoms with Crippen molar-refractivity contribution in [3.05, 3.63) is 65.1 Å². The standard InChI is InChI=1S/C20H17FN6O/c1-11-12(3-2-7-23-11)15-10-24-20(22)27-18(25-26-19(15)27)9-14-13-6-8-28-17(13)5-4-16(14)21/h2-5,7,10H,6,8-9H2,1H3,(H2,22,24). The van der Waals surface area contributed by atoms with Gasteiger partial charge in [-0.2, -0.15) is 0 Å². The Morgan fingerprint density at radius 3 is 2.93 bits per heavy atom. The summed E-state index contributed by atoms with van der Waals surface area (Å²) in [6.07, 6.45) is 4.33. The van der Waals surface area contributed by atoms with Crippen LogP contribution in [-0.2, 0) is 12.8 Å². The molecule has 140 valence electrons. The molecule has 4 heterocycles. The third-order valence-electron chi connectivity index (χ3n) is 5.10. The number of hydrogen-bond donors (Lipinski definition) is 1. The first-order chi connectivity index (χ1) is 13.6. The molecule has 3 aromatic heterocycles. The molecule has 7 nitrogen and oxygen atoms in total. The third-order valence-corrected chi connectivity index (χ3v) is 5.10. The van der Waals surface area contributed by atoms with Gasteiger partial charge in [-0.15, -0.1) is 10.2 Å². The van der Waals surface area contributed by atoms with Crippen LogP contribution in [0.4, 0.5) is 10.3 Å². The lowest BCUT2D eigenvalue weighted by Gasteiger charge is -2.10. The second kappa shape index (κ2) is 6.26. The van der Waals surface area contributed by atoms with E-state index < -0.39 is 0 Å². The Kier molecular flexibility index (Phi) is 3.71. The Hall–Kier alpha value is -3.55. The normalized spacial score (nSPS) is 12.9. The first-order valence-corrected chi connectivity index (χ1v) is 8.97. The molecular formula is C20H17FN6O. The van der Waals surface area contributed by atoms with E-state index in [1.165, 1.54) is 6.07 Å². The summed E-state index contributed by atoms with van der Waals surface area (Å²) >= 11 is 0. The zero-order valence-electron chi connectivity index (χ0n) is 15.2. The highest BCUT2D eigenvalue weighted by Crippen LogP contribution is 2.32. The van der Waals surface area contributed by atoms with Crippen molar-refractivity contribution in [2.75, 3.05) is 12.3 Å². The van der Waals surface area contributed by atoms with Crippen molar-refractivity contribution in [2.24, 2.45) is 0 Å². The molecule has 4 aromatic rings. The number of aromatic nitrogens is 5. The molecule has 5 rings (SSSR count). The maximum Gasteiger partial charge on any atom is 0.207 e. The van der Waals surface area contributed by atoms with Gasteiger partial charge in [-0.05, 0) is 25.1 Å². The number of nitrogens with zero attached hydrogens (tertiary/aromatic N) is 5. The minimum Gasteiger partial charge on any atom is -0.493 e. The minimum atomic E-state index is -0.285. The molecule has 0 bridgehead atoms. The second-order valence-corrected chi connectivity index (χ2v) is 6.72. The van der Waals surface area contributed by atoms with E-state index in [1.807, 2.05) is 19.1 Å². The summed E-state index contributed by atoms with van der Waals surface area (Å²) in [6.45, 7) is 2.47. The molecule has 0 aliphatic carbocycles. The van der Waals surface area contributed by atoms with Gasteiger partial charge >= 0.3 is 0 Å². The highest BCUT2D eigenvalue weighted by Gasteiger charge is 2.23. The first kappa shape index (κ1) is 16.6. The van der Waals surface area contributed by atoms with Crippen molar-refractivity contribution in [3.63, 3.8) is 0 Å². The highest BCUT2D eigenvalue weighted by molar-refractivity contribution is 5.79. The largest absolute Gasteiger partial charge is 0.493 e. The number of ether oxygens (including phenoxy) is 1. The van der Waals surface area contributed by atoms with Gasteiger partial charge in [0.05, 0.1) is 6.61 Å². The highest BCUT2D eigenvalue weighted by atomic mass is 19.1. The van der Waals surface area contributed by atoms with E-state index in [-0.39, 0.29) is 18.2 Å². The number of anilines is 1. The number of halogens is 1. The predicted octanol–water partition coefficient (Wildman–Crippen LogP) is 2.74. The van der Waals surface area contributed by atoms with Crippen LogP contribution >= 0.6 is 0 Å². The van der Waals surface area contributed by atoms with Gasteiger partial charge in [-0.3, -0.25) is 4.98 Å². The van der Waals surface area contributed by atoms with Crippen molar-refractivity contribution in [2.45, 2.75) is 19.8 Å². The van der Waals surface area contributed by atoms with E-state index in [1.54, 1.807) is 22.9 Å². The molecule has 2 N–H and O–H groups in total. The monoisotopic (exact) mass is 376 g/mol. The maximum absolute atomic E-state index is 14.6. The first-order valence-electron chi connectivity index (χ1n) is 8.97. The van der Waals surface area contributed by atoms with Crippen molar-refractivity contribution in [1.29, 1.82) is 0 Å². The lowest BCUT2D eigenvalue weighted by molar-refractivity contribution is 0.356. The quantitative estimate of drug-likeness (QED) is 0.591. The summed E-state index contributed by atoms with van der Waals surface area (Å²) in [5, 5.41) is 8.63. The molecule has 1 aliphatic heterocycles. The smallest absolute Gasteiger partial charge is 0.207 e. The van der Waals surface area contributed by atoms with E-state index in [0.29, 0.717) is 30.1 Å². The fourth-order valence-corrected chi connectivity index (χ4v) is 3.72. The van der Waals surface area contributed by atoms with Gasteiger partial charge in [0.1, 0.15) is 17.4 Å². The Labute approximate surface area is 160 Å². The summed E-state index contributed by atoms with van der Waals surface area (Å²) < 4.78 is 21.8. The van der Waals surface area contributed by atoms with E-state index >= 15 is 0 Å². The van der Waals surface area contributed by atoms with Crippen LogP contribution in [0, 0.1) is 12.7 Å². The molecule has 0 unspecified atom stereocenters. The molecule has 1 aliphatic rings. The lowest BCUT2D eigenvalue weighted by Crippen LogP contribution is -2.07.